The van der Waals surface area contributed by atoms with Crippen molar-refractivity contribution in [2.75, 3.05) is 13.2 Å². The predicted molar refractivity (Wildman–Crippen MR) is 54.9 cm³/mol. The van der Waals surface area contributed by atoms with Crippen LogP contribution in [0, 0.1) is 0 Å². The zero-order valence-electron chi connectivity index (χ0n) is 7.69. The lowest BCUT2D eigenvalue weighted by Crippen LogP contribution is -2.15. The molecule has 0 aliphatic carbocycles. The summed E-state index contributed by atoms with van der Waals surface area (Å²) in [7, 11) is 0. The van der Waals surface area contributed by atoms with E-state index in [1.807, 2.05) is 18.2 Å². The van der Waals surface area contributed by atoms with Crippen molar-refractivity contribution in [3.05, 3.63) is 36.4 Å². The monoisotopic (exact) mass is 186 g/mol. The molecule has 2 aromatic carbocycles. The Balaban J connectivity index is 2.34. The fourth-order valence-electron chi connectivity index (χ4n) is 1.78. The second kappa shape index (κ2) is 2.91. The average molecular weight is 186 g/mol. The lowest BCUT2D eigenvalue weighted by atomic mass is 10.1. The Labute approximate surface area is 82.1 Å². The van der Waals surface area contributed by atoms with Crippen LogP contribution in [0.1, 0.15) is 0 Å². The van der Waals surface area contributed by atoms with Gasteiger partial charge in [-0.2, -0.15) is 0 Å². The highest BCUT2D eigenvalue weighted by molar-refractivity contribution is 5.90. The summed E-state index contributed by atoms with van der Waals surface area (Å²) in [4.78, 5) is 0. The van der Waals surface area contributed by atoms with Gasteiger partial charge in [-0.15, -0.1) is 0 Å². The summed E-state index contributed by atoms with van der Waals surface area (Å²) in [5, 5.41) is 2.32. The lowest BCUT2D eigenvalue weighted by Gasteiger charge is -2.19. The van der Waals surface area contributed by atoms with Crippen molar-refractivity contribution in [3.8, 4) is 11.5 Å². The van der Waals surface area contributed by atoms with Gasteiger partial charge in [0.2, 0.25) is 0 Å². The predicted octanol–water partition coefficient (Wildman–Crippen LogP) is 2.61. The van der Waals surface area contributed by atoms with Crippen LogP contribution in [0.25, 0.3) is 10.8 Å². The highest BCUT2D eigenvalue weighted by atomic mass is 16.6. The summed E-state index contributed by atoms with van der Waals surface area (Å²) < 4.78 is 11.1. The van der Waals surface area contributed by atoms with Gasteiger partial charge < -0.3 is 9.47 Å². The molecular formula is C12H10O2. The number of hydrogen-bond donors (Lipinski definition) is 0. The summed E-state index contributed by atoms with van der Waals surface area (Å²) in [5.41, 5.74) is 0. The Hall–Kier alpha value is -1.70. The number of hydrogen-bond acceptors (Lipinski definition) is 2. The van der Waals surface area contributed by atoms with Gasteiger partial charge in [-0.1, -0.05) is 30.3 Å². The SMILES string of the molecule is c1ccc2c3c(ccc2c1)OCCO3. The number of rotatable bonds is 0. The number of benzene rings is 2. The van der Waals surface area contributed by atoms with E-state index in [0.29, 0.717) is 13.2 Å². The summed E-state index contributed by atoms with van der Waals surface area (Å²) in [6.07, 6.45) is 0. The van der Waals surface area contributed by atoms with Crippen molar-refractivity contribution in [2.24, 2.45) is 0 Å². The molecule has 0 saturated carbocycles. The van der Waals surface area contributed by atoms with E-state index in [0.717, 1.165) is 16.9 Å². The molecule has 0 radical (unpaired) electrons. The third-order valence-electron chi connectivity index (χ3n) is 2.43. The maximum Gasteiger partial charge on any atom is 0.169 e. The molecule has 0 bridgehead atoms. The molecule has 0 amide bonds. The van der Waals surface area contributed by atoms with E-state index in [2.05, 4.69) is 18.2 Å². The third-order valence-corrected chi connectivity index (χ3v) is 2.43. The molecule has 2 nitrogen and oxygen atoms in total. The van der Waals surface area contributed by atoms with Crippen molar-refractivity contribution in [2.45, 2.75) is 0 Å². The second-order valence-corrected chi connectivity index (χ2v) is 3.31. The van der Waals surface area contributed by atoms with Gasteiger partial charge in [-0.25, -0.2) is 0 Å². The van der Waals surface area contributed by atoms with Crippen molar-refractivity contribution >= 4 is 10.8 Å². The normalized spacial score (nSPS) is 14.3. The van der Waals surface area contributed by atoms with Crippen LogP contribution in [-0.4, -0.2) is 13.2 Å². The Morgan fingerprint density at radius 1 is 0.857 bits per heavy atom. The summed E-state index contributed by atoms with van der Waals surface area (Å²) >= 11 is 0. The molecule has 1 heterocycles. The molecule has 3 rings (SSSR count). The topological polar surface area (TPSA) is 18.5 Å². The summed E-state index contributed by atoms with van der Waals surface area (Å²) in [6, 6.07) is 12.2. The molecule has 2 heteroatoms. The third kappa shape index (κ3) is 1.04. The summed E-state index contributed by atoms with van der Waals surface area (Å²) in [5.74, 6) is 1.74. The van der Waals surface area contributed by atoms with Crippen LogP contribution in [0.5, 0.6) is 11.5 Å². The molecule has 0 saturated heterocycles. The van der Waals surface area contributed by atoms with E-state index in [-0.39, 0.29) is 0 Å². The number of ether oxygens (including phenoxy) is 2. The van der Waals surface area contributed by atoms with Crippen LogP contribution in [0.2, 0.25) is 0 Å². The van der Waals surface area contributed by atoms with Crippen LogP contribution in [0.3, 0.4) is 0 Å². The molecule has 0 N–H and O–H groups in total. The number of fused-ring (bicyclic) bond motifs is 3. The molecule has 0 spiro atoms. The molecule has 1 aliphatic rings. The van der Waals surface area contributed by atoms with Crippen molar-refractivity contribution in [1.82, 2.24) is 0 Å². The van der Waals surface area contributed by atoms with Gasteiger partial charge in [0.05, 0.1) is 0 Å². The Kier molecular flexibility index (Phi) is 1.60. The quantitative estimate of drug-likeness (QED) is 0.629. The fraction of sp³-hybridized carbons (Fsp3) is 0.167. The first-order chi connectivity index (χ1) is 6.95. The Morgan fingerprint density at radius 3 is 2.71 bits per heavy atom. The van der Waals surface area contributed by atoms with E-state index in [4.69, 9.17) is 9.47 Å². The van der Waals surface area contributed by atoms with Gasteiger partial charge >= 0.3 is 0 Å². The smallest absolute Gasteiger partial charge is 0.169 e. The minimum Gasteiger partial charge on any atom is -0.486 e. The molecule has 0 aromatic heterocycles. The molecule has 2 aromatic rings. The molecule has 14 heavy (non-hydrogen) atoms. The van der Waals surface area contributed by atoms with Crippen LogP contribution < -0.4 is 9.47 Å². The molecular weight excluding hydrogens is 176 g/mol. The van der Waals surface area contributed by atoms with Gasteiger partial charge in [0.25, 0.3) is 0 Å². The standard InChI is InChI=1S/C12H10O2/c1-2-4-10-9(3-1)5-6-11-12(10)14-8-7-13-11/h1-6H,7-8H2. The van der Waals surface area contributed by atoms with E-state index in [1.54, 1.807) is 0 Å². The summed E-state index contributed by atoms with van der Waals surface area (Å²) in [6.45, 7) is 1.28. The van der Waals surface area contributed by atoms with Crippen LogP contribution >= 0.6 is 0 Å². The maximum absolute atomic E-state index is 5.61. The van der Waals surface area contributed by atoms with E-state index < -0.39 is 0 Å². The second-order valence-electron chi connectivity index (χ2n) is 3.31. The average Bonchev–Trinajstić information content (AvgIpc) is 2.29. The van der Waals surface area contributed by atoms with Crippen molar-refractivity contribution in [1.29, 1.82) is 0 Å². The minimum absolute atomic E-state index is 0.640. The van der Waals surface area contributed by atoms with Crippen molar-refractivity contribution < 1.29 is 9.47 Å². The molecule has 0 unspecified atom stereocenters. The van der Waals surface area contributed by atoms with Crippen LogP contribution in [0.4, 0.5) is 0 Å². The minimum atomic E-state index is 0.640. The van der Waals surface area contributed by atoms with Crippen LogP contribution in [-0.2, 0) is 0 Å². The van der Waals surface area contributed by atoms with Gasteiger partial charge in [0.15, 0.2) is 11.5 Å². The molecule has 0 fully saturated rings. The zero-order chi connectivity index (χ0) is 9.38. The van der Waals surface area contributed by atoms with Crippen molar-refractivity contribution in [3.63, 3.8) is 0 Å². The van der Waals surface area contributed by atoms with E-state index in [9.17, 15) is 0 Å². The van der Waals surface area contributed by atoms with Gasteiger partial charge in [0, 0.05) is 5.39 Å². The first-order valence-corrected chi connectivity index (χ1v) is 4.72. The molecule has 70 valence electrons. The lowest BCUT2D eigenvalue weighted by molar-refractivity contribution is 0.174. The van der Waals surface area contributed by atoms with Crippen LogP contribution in [0.15, 0.2) is 36.4 Å². The Morgan fingerprint density at radius 2 is 1.71 bits per heavy atom. The van der Waals surface area contributed by atoms with E-state index in [1.165, 1.54) is 5.39 Å². The first-order valence-electron chi connectivity index (χ1n) is 4.72. The molecule has 0 atom stereocenters. The maximum atomic E-state index is 5.61. The Bertz CT molecular complexity index is 477. The van der Waals surface area contributed by atoms with Gasteiger partial charge in [0.1, 0.15) is 13.2 Å². The first kappa shape index (κ1) is 7.68. The highest BCUT2D eigenvalue weighted by Gasteiger charge is 2.13. The highest BCUT2D eigenvalue weighted by Crippen LogP contribution is 2.37. The zero-order valence-corrected chi connectivity index (χ0v) is 7.69. The van der Waals surface area contributed by atoms with Gasteiger partial charge in [-0.05, 0) is 11.5 Å². The largest absolute Gasteiger partial charge is 0.486 e. The fourth-order valence-corrected chi connectivity index (χ4v) is 1.78. The van der Waals surface area contributed by atoms with E-state index >= 15 is 0 Å². The molecule has 1 aliphatic heterocycles. The van der Waals surface area contributed by atoms with Gasteiger partial charge in [-0.3, -0.25) is 0 Å².